The van der Waals surface area contributed by atoms with Crippen LogP contribution in [0, 0.1) is 11.3 Å². The fourth-order valence-electron chi connectivity index (χ4n) is 3.90. The number of carbonyl (C=O) groups excluding carboxylic acids is 1. The first-order valence-electron chi connectivity index (χ1n) is 9.04. The molecule has 0 spiro atoms. The third-order valence-electron chi connectivity index (χ3n) is 5.20. The van der Waals surface area contributed by atoms with Crippen LogP contribution in [-0.2, 0) is 9.53 Å². The topological polar surface area (TPSA) is 82.6 Å². The van der Waals surface area contributed by atoms with Gasteiger partial charge in [-0.25, -0.2) is 0 Å². The molecule has 1 aromatic carbocycles. The quantitative estimate of drug-likeness (QED) is 0.871. The summed E-state index contributed by atoms with van der Waals surface area (Å²) < 4.78 is 5.44. The van der Waals surface area contributed by atoms with Crippen molar-refractivity contribution in [3.63, 3.8) is 0 Å². The van der Waals surface area contributed by atoms with Gasteiger partial charge >= 0.3 is 0 Å². The first-order valence-corrected chi connectivity index (χ1v) is 9.04. The monoisotopic (exact) mass is 342 g/mol. The SMILES string of the molecule is N#Cc1ccc([C@@H](C(N)=O)N2CCCC[C@@H]2CN2CCOCC2)cc1. The summed E-state index contributed by atoms with van der Waals surface area (Å²) in [6, 6.07) is 9.23. The molecule has 2 N–H and O–H groups in total. The van der Waals surface area contributed by atoms with Gasteiger partial charge < -0.3 is 10.5 Å². The zero-order valence-corrected chi connectivity index (χ0v) is 14.6. The average Bonchev–Trinajstić information content (AvgIpc) is 2.64. The molecule has 2 heterocycles. The van der Waals surface area contributed by atoms with Gasteiger partial charge in [-0.15, -0.1) is 0 Å². The third-order valence-corrected chi connectivity index (χ3v) is 5.20. The molecule has 6 nitrogen and oxygen atoms in total. The largest absolute Gasteiger partial charge is 0.379 e. The lowest BCUT2D eigenvalue weighted by molar-refractivity contribution is -0.125. The van der Waals surface area contributed by atoms with Crippen molar-refractivity contribution in [2.45, 2.75) is 31.3 Å². The number of amides is 1. The van der Waals surface area contributed by atoms with E-state index < -0.39 is 6.04 Å². The van der Waals surface area contributed by atoms with E-state index in [1.54, 1.807) is 12.1 Å². The summed E-state index contributed by atoms with van der Waals surface area (Å²) in [7, 11) is 0. The first kappa shape index (κ1) is 17.9. The normalized spacial score (nSPS) is 23.7. The van der Waals surface area contributed by atoms with Crippen molar-refractivity contribution < 1.29 is 9.53 Å². The molecule has 2 atom stereocenters. The summed E-state index contributed by atoms with van der Waals surface area (Å²) in [6.07, 6.45) is 3.35. The number of likely N-dealkylation sites (tertiary alicyclic amines) is 1. The molecule has 2 aliphatic heterocycles. The van der Waals surface area contributed by atoms with E-state index in [0.29, 0.717) is 11.6 Å². The highest BCUT2D eigenvalue weighted by Gasteiger charge is 2.34. The van der Waals surface area contributed by atoms with Crippen molar-refractivity contribution >= 4 is 5.91 Å². The van der Waals surface area contributed by atoms with E-state index in [4.69, 9.17) is 15.7 Å². The van der Waals surface area contributed by atoms with Crippen LogP contribution in [0.1, 0.15) is 36.4 Å². The maximum atomic E-state index is 12.3. The number of nitrogens with zero attached hydrogens (tertiary/aromatic N) is 3. The van der Waals surface area contributed by atoms with E-state index >= 15 is 0 Å². The Bertz CT molecular complexity index is 619. The maximum absolute atomic E-state index is 12.3. The molecule has 0 unspecified atom stereocenters. The molecule has 0 aliphatic carbocycles. The van der Waals surface area contributed by atoms with E-state index in [9.17, 15) is 4.79 Å². The summed E-state index contributed by atoms with van der Waals surface area (Å²) in [5.74, 6) is -0.321. The molecule has 3 rings (SSSR count). The maximum Gasteiger partial charge on any atom is 0.239 e. The van der Waals surface area contributed by atoms with Gasteiger partial charge in [0.2, 0.25) is 5.91 Å². The van der Waals surface area contributed by atoms with Crippen molar-refractivity contribution in [3.05, 3.63) is 35.4 Å². The summed E-state index contributed by atoms with van der Waals surface area (Å²) in [5.41, 5.74) is 7.25. The van der Waals surface area contributed by atoms with Gasteiger partial charge in [-0.3, -0.25) is 14.6 Å². The number of benzene rings is 1. The molecule has 2 saturated heterocycles. The number of morpholine rings is 1. The lowest BCUT2D eigenvalue weighted by atomic mass is 9.95. The summed E-state index contributed by atoms with van der Waals surface area (Å²) in [6.45, 7) is 5.28. The van der Waals surface area contributed by atoms with Crippen LogP contribution in [0.25, 0.3) is 0 Å². The van der Waals surface area contributed by atoms with Gasteiger partial charge in [-0.2, -0.15) is 5.26 Å². The molecule has 2 aliphatic rings. The van der Waals surface area contributed by atoms with Gasteiger partial charge in [-0.05, 0) is 37.1 Å². The molecule has 134 valence electrons. The van der Waals surface area contributed by atoms with Gasteiger partial charge in [0.05, 0.1) is 24.8 Å². The van der Waals surface area contributed by atoms with Crippen LogP contribution >= 0.6 is 0 Å². The Hall–Kier alpha value is -1.94. The standard InChI is InChI=1S/C19H26N4O2/c20-13-15-4-6-16(7-5-15)18(19(21)24)23-8-2-1-3-17(23)14-22-9-11-25-12-10-22/h4-7,17-18H,1-3,8-12,14H2,(H2,21,24)/t17-,18+/m1/s1. The zero-order valence-electron chi connectivity index (χ0n) is 14.6. The van der Waals surface area contributed by atoms with Crippen LogP contribution < -0.4 is 5.73 Å². The number of hydrogen-bond donors (Lipinski definition) is 1. The number of rotatable bonds is 5. The number of nitriles is 1. The van der Waals surface area contributed by atoms with Gasteiger partial charge in [0.1, 0.15) is 6.04 Å². The Morgan fingerprint density at radius 1 is 1.24 bits per heavy atom. The molecule has 25 heavy (non-hydrogen) atoms. The minimum absolute atomic E-state index is 0.319. The van der Waals surface area contributed by atoms with Gasteiger partial charge in [0.25, 0.3) is 0 Å². The van der Waals surface area contributed by atoms with Crippen molar-refractivity contribution in [1.82, 2.24) is 9.80 Å². The van der Waals surface area contributed by atoms with Crippen LogP contribution in [-0.4, -0.2) is 61.1 Å². The third kappa shape index (κ3) is 4.37. The highest BCUT2D eigenvalue weighted by Crippen LogP contribution is 2.29. The van der Waals surface area contributed by atoms with E-state index in [-0.39, 0.29) is 5.91 Å². The highest BCUT2D eigenvalue weighted by molar-refractivity contribution is 5.81. The van der Waals surface area contributed by atoms with Crippen molar-refractivity contribution in [2.75, 3.05) is 39.4 Å². The fourth-order valence-corrected chi connectivity index (χ4v) is 3.90. The van der Waals surface area contributed by atoms with Crippen LogP contribution in [0.5, 0.6) is 0 Å². The predicted octanol–water partition coefficient (Wildman–Crippen LogP) is 1.27. The Morgan fingerprint density at radius 2 is 1.96 bits per heavy atom. The van der Waals surface area contributed by atoms with E-state index in [2.05, 4.69) is 15.9 Å². The molecular formula is C19H26N4O2. The van der Waals surface area contributed by atoms with Crippen LogP contribution in [0.4, 0.5) is 0 Å². The minimum Gasteiger partial charge on any atom is -0.379 e. The number of hydrogen-bond acceptors (Lipinski definition) is 5. The summed E-state index contributed by atoms with van der Waals surface area (Å²) in [4.78, 5) is 17.0. The second-order valence-electron chi connectivity index (χ2n) is 6.84. The van der Waals surface area contributed by atoms with E-state index in [1.807, 2.05) is 12.1 Å². The van der Waals surface area contributed by atoms with Crippen molar-refractivity contribution in [1.29, 1.82) is 5.26 Å². The van der Waals surface area contributed by atoms with Gasteiger partial charge in [0.15, 0.2) is 0 Å². The van der Waals surface area contributed by atoms with E-state index in [0.717, 1.165) is 57.8 Å². The second-order valence-corrected chi connectivity index (χ2v) is 6.84. The summed E-state index contributed by atoms with van der Waals surface area (Å²) >= 11 is 0. The minimum atomic E-state index is -0.431. The number of primary amides is 1. The number of ether oxygens (including phenoxy) is 1. The first-order chi connectivity index (χ1) is 12.2. The van der Waals surface area contributed by atoms with Gasteiger partial charge in [-0.1, -0.05) is 18.6 Å². The Balaban J connectivity index is 1.79. The predicted molar refractivity (Wildman–Crippen MR) is 94.7 cm³/mol. The average molecular weight is 342 g/mol. The van der Waals surface area contributed by atoms with Crippen LogP contribution in [0.3, 0.4) is 0 Å². The van der Waals surface area contributed by atoms with Gasteiger partial charge in [0, 0.05) is 25.7 Å². The number of piperidine rings is 1. The molecule has 0 radical (unpaired) electrons. The molecule has 0 aromatic heterocycles. The Morgan fingerprint density at radius 3 is 2.60 bits per heavy atom. The number of carbonyl (C=O) groups is 1. The lowest BCUT2D eigenvalue weighted by Crippen LogP contribution is -2.52. The molecular weight excluding hydrogens is 316 g/mol. The molecule has 1 aromatic rings. The van der Waals surface area contributed by atoms with Crippen molar-refractivity contribution in [2.24, 2.45) is 5.73 Å². The second kappa shape index (κ2) is 8.43. The van der Waals surface area contributed by atoms with Crippen LogP contribution in [0.15, 0.2) is 24.3 Å². The highest BCUT2D eigenvalue weighted by atomic mass is 16.5. The van der Waals surface area contributed by atoms with Crippen LogP contribution in [0.2, 0.25) is 0 Å². The Kier molecular flexibility index (Phi) is 6.03. The molecule has 1 amide bonds. The molecule has 6 heteroatoms. The van der Waals surface area contributed by atoms with E-state index in [1.165, 1.54) is 6.42 Å². The zero-order chi connectivity index (χ0) is 17.6. The Labute approximate surface area is 149 Å². The molecule has 0 bridgehead atoms. The summed E-state index contributed by atoms with van der Waals surface area (Å²) in [5, 5.41) is 8.98. The lowest BCUT2D eigenvalue weighted by Gasteiger charge is -2.42. The molecule has 2 fully saturated rings. The smallest absolute Gasteiger partial charge is 0.239 e. The van der Waals surface area contributed by atoms with Crippen molar-refractivity contribution in [3.8, 4) is 6.07 Å². The number of nitrogens with two attached hydrogens (primary N) is 1. The molecule has 0 saturated carbocycles. The fraction of sp³-hybridized carbons (Fsp3) is 0.579.